The molecule has 0 N–H and O–H groups in total. The third kappa shape index (κ3) is 3.72. The van der Waals surface area contributed by atoms with Crippen LogP contribution in [0.2, 0.25) is 0 Å². The van der Waals surface area contributed by atoms with Gasteiger partial charge in [-0.2, -0.15) is 0 Å². The van der Waals surface area contributed by atoms with Crippen molar-refractivity contribution in [3.05, 3.63) is 157 Å². The lowest BCUT2D eigenvalue weighted by molar-refractivity contribution is 0.669. The Labute approximate surface area is 274 Å². The van der Waals surface area contributed by atoms with Gasteiger partial charge in [-0.3, -0.25) is 0 Å². The van der Waals surface area contributed by atoms with E-state index < -0.39 is 120 Å². The molecule has 0 spiro atoms. The van der Waals surface area contributed by atoms with Gasteiger partial charge in [-0.05, 0) is 89.9 Å². The zero-order valence-corrected chi connectivity index (χ0v) is 22.0. The first-order chi connectivity index (χ1) is 28.8. The summed E-state index contributed by atoms with van der Waals surface area (Å²) in [7, 11) is 0. The van der Waals surface area contributed by atoms with Gasteiger partial charge >= 0.3 is 0 Å². The van der Waals surface area contributed by atoms with Crippen molar-refractivity contribution in [2.24, 2.45) is 0 Å². The Bertz CT molecular complexity index is 3420. The minimum absolute atomic E-state index is 0.0277. The molecule has 1 aromatic heterocycles. The maximum absolute atomic E-state index is 9.61. The normalized spacial score (nSPS) is 17.6. The van der Waals surface area contributed by atoms with Crippen LogP contribution in [0.15, 0.2) is 162 Å². The highest BCUT2D eigenvalue weighted by atomic mass is 16.3. The Morgan fingerprint density at radius 2 is 1.05 bits per heavy atom. The Morgan fingerprint density at radius 3 is 1.81 bits per heavy atom. The highest BCUT2D eigenvalue weighted by molar-refractivity contribution is 6.24. The van der Waals surface area contributed by atoms with E-state index in [1.807, 2.05) is 0 Å². The van der Waals surface area contributed by atoms with Crippen LogP contribution in [0.5, 0.6) is 0 Å². The molecule has 8 aromatic carbocycles. The molecule has 1 heteroatoms. The van der Waals surface area contributed by atoms with Crippen molar-refractivity contribution in [3.63, 3.8) is 0 Å². The Hall–Kier alpha value is -5.66. The van der Waals surface area contributed by atoms with Gasteiger partial charge < -0.3 is 4.42 Å². The highest BCUT2D eigenvalue weighted by Crippen LogP contribution is 2.46. The van der Waals surface area contributed by atoms with E-state index >= 15 is 0 Å². The Morgan fingerprint density at radius 1 is 0.395 bits per heavy atom. The molecule has 0 amide bonds. The van der Waals surface area contributed by atoms with E-state index in [-0.39, 0.29) is 49.4 Å². The summed E-state index contributed by atoms with van der Waals surface area (Å²) in [4.78, 5) is 0. The molecule has 0 fully saturated rings. The lowest BCUT2D eigenvalue weighted by atomic mass is 9.84. The zero-order chi connectivity index (χ0) is 44.0. The van der Waals surface area contributed by atoms with Gasteiger partial charge in [0, 0.05) is 10.8 Å². The van der Waals surface area contributed by atoms with Gasteiger partial charge in [0.1, 0.15) is 11.2 Å². The largest absolute Gasteiger partial charge is 0.456 e. The van der Waals surface area contributed by atoms with Crippen molar-refractivity contribution in [1.29, 1.82) is 0 Å². The van der Waals surface area contributed by atoms with Crippen LogP contribution in [0.4, 0.5) is 0 Å². The molecule has 0 aliphatic rings. The molecule has 0 radical (unpaired) electrons. The molecule has 0 atom stereocenters. The second kappa shape index (κ2) is 9.44. The molecule has 0 bridgehead atoms. The summed E-state index contributed by atoms with van der Waals surface area (Å²) < 4.78 is 164. The minimum Gasteiger partial charge on any atom is -0.456 e. The third-order valence-corrected chi connectivity index (χ3v) is 7.50. The summed E-state index contributed by atoms with van der Waals surface area (Å²) in [6.07, 6.45) is 0. The van der Waals surface area contributed by atoms with E-state index in [9.17, 15) is 6.85 Å². The molecule has 1 heterocycles. The topological polar surface area (TPSA) is 13.1 Å². The van der Waals surface area contributed by atoms with Gasteiger partial charge in [0.05, 0.1) is 24.7 Å². The van der Waals surface area contributed by atoms with Crippen LogP contribution in [0.3, 0.4) is 0 Å². The van der Waals surface area contributed by atoms with Crippen molar-refractivity contribution in [2.45, 2.75) is 0 Å². The maximum atomic E-state index is 9.61. The fourth-order valence-corrected chi connectivity index (χ4v) is 5.68. The number of hydrogen-bond acceptors (Lipinski definition) is 1. The van der Waals surface area contributed by atoms with Crippen molar-refractivity contribution in [1.82, 2.24) is 0 Å². The maximum Gasteiger partial charge on any atom is 0.136 e. The molecule has 0 aliphatic carbocycles. The first-order valence-corrected chi connectivity index (χ1v) is 13.3. The standard InChI is InChI=1S/C42H26O/c1-2-11-27(12-3-1)29-22-24-39-38(25-29)32-23-21-30(26-40(32)43-39)41-34-16-6-8-18-36(34)42(37-19-9-7-17-35(37)41)33-20-10-14-28-13-4-5-15-31(28)33/h1-26H/i1D,2D,3D,4D,5D,10D,11D,12D,13D,14D,15D,20D,21D,22D,23D,24D,25D,26D. The molecule has 200 valence electrons. The highest BCUT2D eigenvalue weighted by Gasteiger charge is 2.19. The SMILES string of the molecule is [2H]c1c([2H])c([2H])c(-c2c([2H])c([2H])c3oc4c([2H])c(-c5c6ccccc6c(-c6c([2H])c([2H])c([2H])c7c([2H])c([2H])c([2H])c([2H])c67)c6ccccc56)c([2H])c([2H])c4c3c2[2H])c([2H])c1[2H]. The summed E-state index contributed by atoms with van der Waals surface area (Å²) >= 11 is 0. The van der Waals surface area contributed by atoms with E-state index in [2.05, 4.69) is 0 Å². The molecule has 0 unspecified atom stereocenters. The first kappa shape index (κ1) is 12.3. The van der Waals surface area contributed by atoms with Crippen LogP contribution in [0.1, 0.15) is 24.7 Å². The van der Waals surface area contributed by atoms with Gasteiger partial charge in [0.2, 0.25) is 0 Å². The van der Waals surface area contributed by atoms with E-state index in [4.69, 9.17) is 22.2 Å². The van der Waals surface area contributed by atoms with E-state index in [1.165, 1.54) is 0 Å². The van der Waals surface area contributed by atoms with E-state index in [0.29, 0.717) is 27.1 Å². The smallest absolute Gasteiger partial charge is 0.136 e. The van der Waals surface area contributed by atoms with Crippen LogP contribution in [0.25, 0.3) is 87.6 Å². The Balaban J connectivity index is 1.43. The summed E-state index contributed by atoms with van der Waals surface area (Å²) in [6, 6.07) is 2.71. The van der Waals surface area contributed by atoms with Gasteiger partial charge in [-0.15, -0.1) is 0 Å². The Kier molecular flexibility index (Phi) is 2.70. The van der Waals surface area contributed by atoms with Crippen LogP contribution in [-0.2, 0) is 0 Å². The number of furan rings is 1. The summed E-state index contributed by atoms with van der Waals surface area (Å²) in [6.45, 7) is 0. The number of hydrogen-bond donors (Lipinski definition) is 0. The lowest BCUT2D eigenvalue weighted by Crippen LogP contribution is -1.91. The monoisotopic (exact) mass is 564 g/mol. The van der Waals surface area contributed by atoms with Crippen LogP contribution in [-0.4, -0.2) is 0 Å². The molecular formula is C42H26O. The van der Waals surface area contributed by atoms with Crippen molar-refractivity contribution < 1.29 is 29.1 Å². The zero-order valence-electron chi connectivity index (χ0n) is 40.0. The quantitative estimate of drug-likeness (QED) is 0.195. The fourth-order valence-electron chi connectivity index (χ4n) is 5.68. The number of rotatable bonds is 3. The van der Waals surface area contributed by atoms with E-state index in [1.54, 1.807) is 48.5 Å². The average molecular weight is 565 g/mol. The van der Waals surface area contributed by atoms with Crippen molar-refractivity contribution in [2.75, 3.05) is 0 Å². The van der Waals surface area contributed by atoms with Gasteiger partial charge in [0.25, 0.3) is 0 Å². The summed E-state index contributed by atoms with van der Waals surface area (Å²) in [5.41, 5.74) is -1.26. The minimum atomic E-state index is -0.721. The molecule has 1 nitrogen and oxygen atoms in total. The molecule has 9 rings (SSSR count). The molecule has 43 heavy (non-hydrogen) atoms. The predicted molar refractivity (Wildman–Crippen MR) is 183 cm³/mol. The second-order valence-corrected chi connectivity index (χ2v) is 9.85. The van der Waals surface area contributed by atoms with E-state index in [0.717, 1.165) is 0 Å². The van der Waals surface area contributed by atoms with Crippen molar-refractivity contribution in [3.8, 4) is 33.4 Å². The third-order valence-electron chi connectivity index (χ3n) is 7.50. The van der Waals surface area contributed by atoms with Crippen LogP contribution < -0.4 is 0 Å². The van der Waals surface area contributed by atoms with Gasteiger partial charge in [0.15, 0.2) is 0 Å². The first-order valence-electron chi connectivity index (χ1n) is 22.3. The molecule has 0 saturated carbocycles. The number of fused-ring (bicyclic) bond motifs is 6. The lowest BCUT2D eigenvalue weighted by Gasteiger charge is -2.18. The fraction of sp³-hybridized carbons (Fsp3) is 0. The van der Waals surface area contributed by atoms with Crippen LogP contribution >= 0.6 is 0 Å². The summed E-state index contributed by atoms with van der Waals surface area (Å²) in [5.74, 6) is 0. The molecule has 0 saturated heterocycles. The molecular weight excluding hydrogens is 520 g/mol. The average Bonchev–Trinajstić information content (AvgIpc) is 3.67. The summed E-state index contributed by atoms with van der Waals surface area (Å²) in [5, 5.41) is 0.666. The van der Waals surface area contributed by atoms with Gasteiger partial charge in [-0.25, -0.2) is 0 Å². The van der Waals surface area contributed by atoms with Crippen LogP contribution in [0, 0.1) is 0 Å². The number of benzene rings is 8. The molecule has 9 aromatic rings. The predicted octanol–water partition coefficient (Wildman–Crippen LogP) is 12.0. The second-order valence-electron chi connectivity index (χ2n) is 9.85. The molecule has 0 aliphatic heterocycles. The van der Waals surface area contributed by atoms with Gasteiger partial charge in [-0.1, -0.05) is 133 Å². The van der Waals surface area contributed by atoms with Crippen molar-refractivity contribution >= 4 is 54.3 Å².